The van der Waals surface area contributed by atoms with Gasteiger partial charge < -0.3 is 15.2 Å². The number of rotatable bonds is 7. The second kappa shape index (κ2) is 7.73. The summed E-state index contributed by atoms with van der Waals surface area (Å²) >= 11 is 3.32. The topological polar surface area (TPSA) is 44.5 Å². The quantitative estimate of drug-likeness (QED) is 0.751. The number of nitrogens with two attached hydrogens (primary N) is 1. The van der Waals surface area contributed by atoms with E-state index in [-0.39, 0.29) is 13.0 Å². The molecular weight excluding hydrogens is 339 g/mol. The first-order valence-corrected chi connectivity index (χ1v) is 7.01. The van der Waals surface area contributed by atoms with Crippen LogP contribution in [0.4, 0.5) is 13.2 Å². The van der Waals surface area contributed by atoms with Crippen LogP contribution in [0.2, 0.25) is 0 Å². The van der Waals surface area contributed by atoms with Gasteiger partial charge in [-0.25, -0.2) is 0 Å². The first-order valence-electron chi connectivity index (χ1n) is 6.22. The maximum absolute atomic E-state index is 12.1. The van der Waals surface area contributed by atoms with Gasteiger partial charge in [-0.1, -0.05) is 0 Å². The zero-order valence-electron chi connectivity index (χ0n) is 11.1. The predicted molar refractivity (Wildman–Crippen MR) is 74.0 cm³/mol. The Balaban J connectivity index is 2.72. The Bertz CT molecular complexity index is 438. The minimum absolute atomic E-state index is 0.0276. The Hall–Kier alpha value is -0.950. The highest BCUT2D eigenvalue weighted by molar-refractivity contribution is 9.10. The van der Waals surface area contributed by atoms with Gasteiger partial charge in [0.2, 0.25) is 0 Å². The maximum Gasteiger partial charge on any atom is 0.389 e. The normalized spacial score (nSPS) is 11.5. The van der Waals surface area contributed by atoms with Crippen molar-refractivity contribution >= 4 is 15.9 Å². The highest BCUT2D eigenvalue weighted by Gasteiger charge is 2.26. The van der Waals surface area contributed by atoms with Crippen LogP contribution in [0.3, 0.4) is 0 Å². The summed E-state index contributed by atoms with van der Waals surface area (Å²) < 4.78 is 47.6. The van der Waals surface area contributed by atoms with Gasteiger partial charge in [0.05, 0.1) is 17.7 Å². The van der Waals surface area contributed by atoms with E-state index >= 15 is 0 Å². The van der Waals surface area contributed by atoms with Gasteiger partial charge in [0.1, 0.15) is 0 Å². The molecule has 0 fully saturated rings. The zero-order chi connectivity index (χ0) is 15.2. The molecular formula is C13H17BrF3NO2. The minimum Gasteiger partial charge on any atom is -0.490 e. The van der Waals surface area contributed by atoms with Gasteiger partial charge in [0.25, 0.3) is 0 Å². The Morgan fingerprint density at radius 3 is 2.50 bits per heavy atom. The molecule has 0 aliphatic rings. The predicted octanol–water partition coefficient (Wildman–Crippen LogP) is 4.03. The van der Waals surface area contributed by atoms with Gasteiger partial charge in [-0.15, -0.1) is 0 Å². The Morgan fingerprint density at radius 1 is 1.25 bits per heavy atom. The molecule has 0 unspecified atom stereocenters. The summed E-state index contributed by atoms with van der Waals surface area (Å²) in [5.74, 6) is 0.889. The smallest absolute Gasteiger partial charge is 0.389 e. The molecule has 1 aromatic carbocycles. The fraction of sp³-hybridized carbons (Fsp3) is 0.538. The zero-order valence-corrected chi connectivity index (χ0v) is 12.7. The molecule has 20 heavy (non-hydrogen) atoms. The number of halogens is 4. The van der Waals surface area contributed by atoms with Crippen molar-refractivity contribution < 1.29 is 22.6 Å². The van der Waals surface area contributed by atoms with Gasteiger partial charge >= 0.3 is 6.18 Å². The summed E-state index contributed by atoms with van der Waals surface area (Å²) in [7, 11) is 0. The van der Waals surface area contributed by atoms with Crippen molar-refractivity contribution in [2.24, 2.45) is 5.73 Å². The molecule has 0 atom stereocenters. The lowest BCUT2D eigenvalue weighted by Crippen LogP contribution is -2.10. The molecule has 1 aromatic rings. The number of alkyl halides is 3. The maximum atomic E-state index is 12.1. The van der Waals surface area contributed by atoms with Crippen molar-refractivity contribution in [3.05, 3.63) is 22.2 Å². The van der Waals surface area contributed by atoms with Crippen molar-refractivity contribution in [1.82, 2.24) is 0 Å². The monoisotopic (exact) mass is 355 g/mol. The molecule has 114 valence electrons. The summed E-state index contributed by atoms with van der Waals surface area (Å²) in [5.41, 5.74) is 6.41. The number of hydrogen-bond donors (Lipinski definition) is 1. The summed E-state index contributed by atoms with van der Waals surface area (Å²) in [6.45, 7) is 2.56. The van der Waals surface area contributed by atoms with Crippen LogP contribution in [0.1, 0.15) is 25.3 Å². The second-order valence-electron chi connectivity index (χ2n) is 4.11. The van der Waals surface area contributed by atoms with Crippen LogP contribution in [0.5, 0.6) is 11.5 Å². The van der Waals surface area contributed by atoms with Crippen molar-refractivity contribution in [2.75, 3.05) is 13.2 Å². The minimum atomic E-state index is -4.16. The lowest BCUT2D eigenvalue weighted by Gasteiger charge is -2.15. The van der Waals surface area contributed by atoms with Gasteiger partial charge in [-0.3, -0.25) is 0 Å². The summed E-state index contributed by atoms with van der Waals surface area (Å²) in [6, 6.07) is 3.50. The molecule has 1 rings (SSSR count). The summed E-state index contributed by atoms with van der Waals surface area (Å²) in [5, 5.41) is 0. The van der Waals surface area contributed by atoms with Crippen LogP contribution < -0.4 is 15.2 Å². The van der Waals surface area contributed by atoms with Crippen molar-refractivity contribution in [3.63, 3.8) is 0 Å². The van der Waals surface area contributed by atoms with Crippen LogP contribution in [0.25, 0.3) is 0 Å². The third kappa shape index (κ3) is 5.58. The molecule has 0 radical (unpaired) electrons. The van der Waals surface area contributed by atoms with E-state index in [2.05, 4.69) is 15.9 Å². The molecule has 0 heterocycles. The number of hydrogen-bond acceptors (Lipinski definition) is 3. The lowest BCUT2D eigenvalue weighted by atomic mass is 10.2. The van der Waals surface area contributed by atoms with Gasteiger partial charge in [0.15, 0.2) is 11.5 Å². The van der Waals surface area contributed by atoms with Crippen molar-refractivity contribution in [1.29, 1.82) is 0 Å². The van der Waals surface area contributed by atoms with Gasteiger partial charge in [-0.2, -0.15) is 13.2 Å². The highest BCUT2D eigenvalue weighted by Crippen LogP contribution is 2.37. The Morgan fingerprint density at radius 2 is 1.95 bits per heavy atom. The molecule has 2 N–H and O–H groups in total. The van der Waals surface area contributed by atoms with E-state index < -0.39 is 12.6 Å². The molecule has 0 aliphatic carbocycles. The van der Waals surface area contributed by atoms with E-state index in [1.54, 1.807) is 12.1 Å². The summed E-state index contributed by atoms with van der Waals surface area (Å²) in [4.78, 5) is 0. The van der Waals surface area contributed by atoms with Crippen LogP contribution in [0, 0.1) is 0 Å². The Labute approximate surface area is 124 Å². The fourth-order valence-corrected chi connectivity index (χ4v) is 2.19. The van der Waals surface area contributed by atoms with Crippen molar-refractivity contribution in [2.45, 2.75) is 32.5 Å². The van der Waals surface area contributed by atoms with Gasteiger partial charge in [-0.05, 0) is 47.0 Å². The SMILES string of the molecule is CCOc1cc(CN)cc(Br)c1OCCCC(F)(F)F. The largest absolute Gasteiger partial charge is 0.490 e. The first kappa shape index (κ1) is 17.1. The molecule has 0 saturated carbocycles. The van der Waals surface area contributed by atoms with E-state index in [9.17, 15) is 13.2 Å². The van der Waals surface area contributed by atoms with E-state index in [1.165, 1.54) is 0 Å². The molecule has 0 spiro atoms. The van der Waals surface area contributed by atoms with Gasteiger partial charge in [0, 0.05) is 13.0 Å². The Kier molecular flexibility index (Phi) is 6.61. The molecule has 0 saturated heterocycles. The molecule has 0 bridgehead atoms. The molecule has 0 aromatic heterocycles. The van der Waals surface area contributed by atoms with E-state index in [0.29, 0.717) is 29.1 Å². The first-order chi connectivity index (χ1) is 9.37. The van der Waals surface area contributed by atoms with Crippen LogP contribution in [-0.4, -0.2) is 19.4 Å². The lowest BCUT2D eigenvalue weighted by molar-refractivity contribution is -0.136. The third-order valence-electron chi connectivity index (χ3n) is 2.46. The fourth-order valence-electron chi connectivity index (χ4n) is 1.59. The molecule has 0 amide bonds. The molecule has 0 aliphatic heterocycles. The summed E-state index contributed by atoms with van der Waals surface area (Å²) in [6.07, 6.45) is -5.12. The van der Waals surface area contributed by atoms with E-state index in [4.69, 9.17) is 15.2 Å². The molecule has 7 heteroatoms. The van der Waals surface area contributed by atoms with E-state index in [0.717, 1.165) is 5.56 Å². The number of benzene rings is 1. The average Bonchev–Trinajstić information content (AvgIpc) is 2.35. The van der Waals surface area contributed by atoms with E-state index in [1.807, 2.05) is 6.92 Å². The standard InChI is InChI=1S/C13H17BrF3NO2/c1-2-19-11-7-9(8-18)6-10(14)12(11)20-5-3-4-13(15,16)17/h6-7H,2-5,8,18H2,1H3. The van der Waals surface area contributed by atoms with Crippen LogP contribution >= 0.6 is 15.9 Å². The number of ether oxygens (including phenoxy) is 2. The molecule has 3 nitrogen and oxygen atoms in total. The van der Waals surface area contributed by atoms with Crippen LogP contribution in [-0.2, 0) is 6.54 Å². The second-order valence-corrected chi connectivity index (χ2v) is 4.96. The van der Waals surface area contributed by atoms with Crippen molar-refractivity contribution in [3.8, 4) is 11.5 Å². The highest BCUT2D eigenvalue weighted by atomic mass is 79.9. The van der Waals surface area contributed by atoms with Crippen LogP contribution in [0.15, 0.2) is 16.6 Å². The average molecular weight is 356 g/mol. The third-order valence-corrected chi connectivity index (χ3v) is 3.04.